The third-order valence-electron chi connectivity index (χ3n) is 7.44. The highest BCUT2D eigenvalue weighted by atomic mass is 127. The molecule has 0 spiro atoms. The van der Waals surface area contributed by atoms with E-state index in [1.165, 1.54) is 135 Å². The van der Waals surface area contributed by atoms with E-state index < -0.39 is 7.26 Å². The van der Waals surface area contributed by atoms with E-state index in [2.05, 4.69) is 27.7 Å². The van der Waals surface area contributed by atoms with Crippen LogP contribution < -0.4 is 24.0 Å². The van der Waals surface area contributed by atoms with Crippen molar-refractivity contribution in [3.05, 3.63) is 0 Å². The first-order valence-corrected chi connectivity index (χ1v) is 17.6. The Morgan fingerprint density at radius 3 is 0.781 bits per heavy atom. The first-order valence-electron chi connectivity index (χ1n) is 15.1. The zero-order chi connectivity index (χ0) is 22.9. The van der Waals surface area contributed by atoms with Gasteiger partial charge in [-0.3, -0.25) is 0 Å². The van der Waals surface area contributed by atoms with E-state index in [9.17, 15) is 0 Å². The second kappa shape index (κ2) is 28.4. The molecule has 0 rings (SSSR count). The van der Waals surface area contributed by atoms with Crippen molar-refractivity contribution in [3.8, 4) is 0 Å². The summed E-state index contributed by atoms with van der Waals surface area (Å²) in [6.45, 7) is 9.48. The van der Waals surface area contributed by atoms with Gasteiger partial charge in [-0.25, -0.2) is 0 Å². The average Bonchev–Trinajstić information content (AvgIpc) is 2.79. The summed E-state index contributed by atoms with van der Waals surface area (Å²) in [5.41, 5.74) is 0. The molecule has 0 heterocycles. The molecule has 0 amide bonds. The summed E-state index contributed by atoms with van der Waals surface area (Å²) in [4.78, 5) is 0. The van der Waals surface area contributed by atoms with Gasteiger partial charge in [-0.2, -0.15) is 0 Å². The second-order valence-electron chi connectivity index (χ2n) is 10.6. The molecule has 0 saturated carbocycles. The summed E-state index contributed by atoms with van der Waals surface area (Å²) >= 11 is 0. The predicted octanol–water partition coefficient (Wildman–Crippen LogP) is 8.67. The lowest BCUT2D eigenvalue weighted by atomic mass is 10.0. The Hall–Kier alpha value is 1.16. The Balaban J connectivity index is 0. The molecule has 0 aliphatic rings. The molecule has 0 unspecified atom stereocenters. The fourth-order valence-electron chi connectivity index (χ4n) is 5.15. The zero-order valence-electron chi connectivity index (χ0n) is 23.2. The Kier molecular flexibility index (Phi) is 31.3. The van der Waals surface area contributed by atoms with Crippen LogP contribution >= 0.6 is 7.26 Å². The van der Waals surface area contributed by atoms with Gasteiger partial charge in [0.25, 0.3) is 0 Å². The van der Waals surface area contributed by atoms with E-state index in [0.29, 0.717) is 0 Å². The van der Waals surface area contributed by atoms with Crippen LogP contribution in [0.25, 0.3) is 0 Å². The second-order valence-corrected chi connectivity index (χ2v) is 15.1. The van der Waals surface area contributed by atoms with Crippen LogP contribution in [0.3, 0.4) is 0 Å². The first-order chi connectivity index (χ1) is 15.2. The molecular weight excluding hydrogens is 518 g/mol. The van der Waals surface area contributed by atoms with Crippen LogP contribution in [0, 0.1) is 0 Å². The molecule has 2 heteroatoms. The maximum atomic E-state index is 2.39. The van der Waals surface area contributed by atoms with Crippen LogP contribution in [0.1, 0.15) is 169 Å². The van der Waals surface area contributed by atoms with Crippen molar-refractivity contribution in [1.29, 1.82) is 0 Å². The summed E-state index contributed by atoms with van der Waals surface area (Å²) in [7, 11) is -0.634. The quantitative estimate of drug-likeness (QED) is 0.0544. The molecular formula is C30H64IP. The number of hydrogen-bond donors (Lipinski definition) is 0. The average molecular weight is 583 g/mol. The molecule has 0 saturated heterocycles. The van der Waals surface area contributed by atoms with Crippen molar-refractivity contribution in [3.63, 3.8) is 0 Å². The molecule has 0 aliphatic carbocycles. The monoisotopic (exact) mass is 582 g/mol. The number of halogens is 1. The fraction of sp³-hybridized carbons (Fsp3) is 1.00. The molecule has 32 heavy (non-hydrogen) atoms. The van der Waals surface area contributed by atoms with E-state index in [1.54, 1.807) is 31.1 Å². The van der Waals surface area contributed by atoms with Gasteiger partial charge in [0.15, 0.2) is 0 Å². The van der Waals surface area contributed by atoms with Gasteiger partial charge in [-0.15, -0.1) is 0 Å². The summed E-state index contributed by atoms with van der Waals surface area (Å²) < 4.78 is 0. The molecule has 0 aromatic rings. The van der Waals surface area contributed by atoms with Crippen LogP contribution in [0.5, 0.6) is 0 Å². The zero-order valence-corrected chi connectivity index (χ0v) is 26.3. The Labute approximate surface area is 224 Å². The summed E-state index contributed by atoms with van der Waals surface area (Å²) in [5, 5.41) is 0. The maximum absolute atomic E-state index is 2.39. The van der Waals surface area contributed by atoms with Crippen molar-refractivity contribution in [2.24, 2.45) is 0 Å². The summed E-state index contributed by atoms with van der Waals surface area (Å²) in [5.74, 6) is 0. The van der Waals surface area contributed by atoms with Crippen LogP contribution in [0.2, 0.25) is 0 Å². The predicted molar refractivity (Wildman–Crippen MR) is 151 cm³/mol. The van der Waals surface area contributed by atoms with Crippen molar-refractivity contribution in [2.45, 2.75) is 169 Å². The van der Waals surface area contributed by atoms with Crippen molar-refractivity contribution in [1.82, 2.24) is 0 Å². The molecule has 0 aliphatic heterocycles. The maximum Gasteiger partial charge on any atom is 0.0594 e. The summed E-state index contributed by atoms with van der Waals surface area (Å²) in [6.07, 6.45) is 39.0. The first kappa shape index (κ1) is 35.3. The Morgan fingerprint density at radius 1 is 0.281 bits per heavy atom. The van der Waals surface area contributed by atoms with E-state index >= 15 is 0 Å². The molecule has 0 radical (unpaired) electrons. The van der Waals surface area contributed by atoms with Gasteiger partial charge < -0.3 is 24.0 Å². The highest BCUT2D eigenvalue weighted by Gasteiger charge is 2.34. The van der Waals surface area contributed by atoms with Crippen molar-refractivity contribution < 1.29 is 24.0 Å². The minimum atomic E-state index is -0.634. The van der Waals surface area contributed by atoms with E-state index in [4.69, 9.17) is 0 Å². The third-order valence-corrected chi connectivity index (χ3v) is 12.5. The minimum absolute atomic E-state index is 0. The van der Waals surface area contributed by atoms with Crippen LogP contribution in [0.15, 0.2) is 0 Å². The fourth-order valence-corrected chi connectivity index (χ4v) is 10.3. The Morgan fingerprint density at radius 2 is 0.500 bits per heavy atom. The van der Waals surface area contributed by atoms with Crippen molar-refractivity contribution >= 4 is 7.26 Å². The number of unbranched alkanes of at least 4 members (excludes halogenated alkanes) is 18. The third kappa shape index (κ3) is 22.9. The van der Waals surface area contributed by atoms with Gasteiger partial charge in [0, 0.05) is 7.26 Å². The lowest BCUT2D eigenvalue weighted by Crippen LogP contribution is -3.00. The molecule has 196 valence electrons. The van der Waals surface area contributed by atoms with Gasteiger partial charge in [0.2, 0.25) is 0 Å². The molecule has 0 bridgehead atoms. The smallest absolute Gasteiger partial charge is 0.0594 e. The lowest BCUT2D eigenvalue weighted by molar-refractivity contribution is -0.00000710. The van der Waals surface area contributed by atoms with Gasteiger partial charge in [-0.05, 0) is 32.1 Å². The highest BCUT2D eigenvalue weighted by molar-refractivity contribution is 7.75. The molecule has 0 aromatic carbocycles. The highest BCUT2D eigenvalue weighted by Crippen LogP contribution is 2.61. The molecule has 0 atom stereocenters. The Bertz CT molecular complexity index is 309. The molecule has 0 nitrogen and oxygen atoms in total. The largest absolute Gasteiger partial charge is 1.00 e. The topological polar surface area (TPSA) is 0 Å². The number of rotatable bonds is 26. The summed E-state index contributed by atoms with van der Waals surface area (Å²) in [6, 6.07) is 0. The SMILES string of the molecule is CCCCCCCCCCCCCCCCCC[P+](CCCC)(CCCC)CCCC.[I-]. The van der Waals surface area contributed by atoms with Gasteiger partial charge in [0.1, 0.15) is 0 Å². The molecule has 0 aromatic heterocycles. The van der Waals surface area contributed by atoms with E-state index in [-0.39, 0.29) is 24.0 Å². The van der Waals surface area contributed by atoms with Gasteiger partial charge in [-0.1, -0.05) is 137 Å². The van der Waals surface area contributed by atoms with Crippen LogP contribution in [0.4, 0.5) is 0 Å². The van der Waals surface area contributed by atoms with Crippen LogP contribution in [-0.2, 0) is 0 Å². The number of hydrogen-bond acceptors (Lipinski definition) is 0. The van der Waals surface area contributed by atoms with Crippen molar-refractivity contribution in [2.75, 3.05) is 24.6 Å². The lowest BCUT2D eigenvalue weighted by Gasteiger charge is -2.28. The van der Waals surface area contributed by atoms with Gasteiger partial charge in [0.05, 0.1) is 24.6 Å². The van der Waals surface area contributed by atoms with Crippen LogP contribution in [-0.4, -0.2) is 24.6 Å². The molecule has 0 fully saturated rings. The molecule has 0 N–H and O–H groups in total. The van der Waals surface area contributed by atoms with E-state index in [1.807, 2.05) is 0 Å². The normalized spacial score (nSPS) is 11.6. The standard InChI is InChI=1S/C30H64P.HI/c1-5-9-13-14-15-16-17-18-19-20-21-22-23-24-25-26-30-31(27-10-6-2,28-11-7-3)29-12-8-4;/h5-30H2,1-4H3;1H/q+1;/p-1. The minimum Gasteiger partial charge on any atom is -1.00 e. The van der Waals surface area contributed by atoms with Gasteiger partial charge >= 0.3 is 0 Å². The van der Waals surface area contributed by atoms with E-state index in [0.717, 1.165) is 0 Å².